The second-order valence-electron chi connectivity index (χ2n) is 7.63. The van der Waals surface area contributed by atoms with Crippen molar-refractivity contribution in [3.05, 3.63) is 83.5 Å². The minimum Gasteiger partial charge on any atom is -0.462 e. The molecule has 0 fully saturated rings. The normalized spacial score (nSPS) is 10.8. The van der Waals surface area contributed by atoms with Crippen LogP contribution in [0.2, 0.25) is 0 Å². The van der Waals surface area contributed by atoms with Gasteiger partial charge in [-0.05, 0) is 74.6 Å². The Hall–Kier alpha value is -3.93. The van der Waals surface area contributed by atoms with Crippen LogP contribution in [0.5, 0.6) is 11.5 Å². The molecule has 33 heavy (non-hydrogen) atoms. The molecular weight excluding hydrogens is 420 g/mol. The summed E-state index contributed by atoms with van der Waals surface area (Å²) < 4.78 is 15.5. The van der Waals surface area contributed by atoms with Crippen molar-refractivity contribution in [2.24, 2.45) is 0 Å². The first kappa shape index (κ1) is 25.3. The molecule has 0 amide bonds. The van der Waals surface area contributed by atoms with Gasteiger partial charge < -0.3 is 14.2 Å². The van der Waals surface area contributed by atoms with Crippen LogP contribution in [0.25, 0.3) is 11.6 Å². The second-order valence-corrected chi connectivity index (χ2v) is 7.63. The molecule has 0 aromatic heterocycles. The van der Waals surface area contributed by atoms with Crippen LogP contribution < -0.4 is 9.47 Å². The summed E-state index contributed by atoms with van der Waals surface area (Å²) in [4.78, 5) is 34.1. The standard InChI is InChI=1S/C27H28O6/c1-18(2)26(29)31-14-6-7-21-8-9-23(25(16-21)32-17-28)15-20(5)22-10-12-24(13-11-22)33-27(30)19(3)4/h8-13,15-17H,1,3,6-7,14H2,2,4-5H3/b20-15+. The molecule has 172 valence electrons. The lowest BCUT2D eigenvalue weighted by Gasteiger charge is -2.10. The maximum atomic E-state index is 11.6. The van der Waals surface area contributed by atoms with Gasteiger partial charge in [0.05, 0.1) is 6.61 Å². The number of carbonyl (C=O) groups is 3. The molecule has 0 saturated carbocycles. The van der Waals surface area contributed by atoms with Crippen LogP contribution in [0.1, 0.15) is 43.9 Å². The van der Waals surface area contributed by atoms with Crippen LogP contribution in [0.15, 0.2) is 66.8 Å². The lowest BCUT2D eigenvalue weighted by atomic mass is 10.0. The van der Waals surface area contributed by atoms with E-state index in [4.69, 9.17) is 14.2 Å². The number of hydrogen-bond acceptors (Lipinski definition) is 6. The number of hydrogen-bond donors (Lipinski definition) is 0. The number of carbonyl (C=O) groups excluding carboxylic acids is 3. The predicted octanol–water partition coefficient (Wildman–Crippen LogP) is 5.32. The Morgan fingerprint density at radius 2 is 1.61 bits per heavy atom. The van der Waals surface area contributed by atoms with Gasteiger partial charge in [-0.3, -0.25) is 4.79 Å². The molecule has 0 heterocycles. The highest BCUT2D eigenvalue weighted by atomic mass is 16.5. The summed E-state index contributed by atoms with van der Waals surface area (Å²) in [6.07, 6.45) is 3.20. The Bertz CT molecular complexity index is 1080. The minimum absolute atomic E-state index is 0.286. The molecular formula is C27H28O6. The van der Waals surface area contributed by atoms with Gasteiger partial charge in [-0.25, -0.2) is 9.59 Å². The number of esters is 2. The minimum atomic E-state index is -0.472. The van der Waals surface area contributed by atoms with Gasteiger partial charge in [-0.2, -0.15) is 0 Å². The van der Waals surface area contributed by atoms with Crippen LogP contribution in [0.4, 0.5) is 0 Å². The third-order valence-corrected chi connectivity index (χ3v) is 4.69. The van der Waals surface area contributed by atoms with E-state index in [9.17, 15) is 14.4 Å². The van der Waals surface area contributed by atoms with Gasteiger partial charge in [0, 0.05) is 16.7 Å². The maximum Gasteiger partial charge on any atom is 0.338 e. The summed E-state index contributed by atoms with van der Waals surface area (Å²) in [5.74, 6) is -0.00621. The SMILES string of the molecule is C=C(C)C(=O)OCCCc1ccc(/C=C(\C)c2ccc(OC(=O)C(=C)C)cc2)c(OC=O)c1. The Morgan fingerprint density at radius 1 is 0.939 bits per heavy atom. The molecule has 0 spiro atoms. The third kappa shape index (κ3) is 7.92. The van der Waals surface area contributed by atoms with Crippen molar-refractivity contribution < 1.29 is 28.6 Å². The summed E-state index contributed by atoms with van der Waals surface area (Å²) in [7, 11) is 0. The fraction of sp³-hybridized carbons (Fsp3) is 0.222. The zero-order valence-electron chi connectivity index (χ0n) is 19.2. The van der Waals surface area contributed by atoms with Crippen LogP contribution >= 0.6 is 0 Å². The summed E-state index contributed by atoms with van der Waals surface area (Å²) in [5, 5.41) is 0. The summed E-state index contributed by atoms with van der Waals surface area (Å²) >= 11 is 0. The number of allylic oxidation sites excluding steroid dienone is 1. The van der Waals surface area contributed by atoms with Crippen molar-refractivity contribution in [3.63, 3.8) is 0 Å². The van der Waals surface area contributed by atoms with E-state index in [2.05, 4.69) is 13.2 Å². The Kier molecular flexibility index (Phi) is 9.36. The van der Waals surface area contributed by atoms with Gasteiger partial charge in [-0.15, -0.1) is 0 Å². The molecule has 2 rings (SSSR count). The highest BCUT2D eigenvalue weighted by Gasteiger charge is 2.08. The van der Waals surface area contributed by atoms with Crippen molar-refractivity contribution >= 4 is 30.1 Å². The van der Waals surface area contributed by atoms with Gasteiger partial charge in [0.1, 0.15) is 11.5 Å². The van der Waals surface area contributed by atoms with Gasteiger partial charge in [0.25, 0.3) is 6.47 Å². The molecule has 0 bridgehead atoms. The molecule has 0 atom stereocenters. The van der Waals surface area contributed by atoms with Crippen LogP contribution in [0.3, 0.4) is 0 Å². The molecule has 6 nitrogen and oxygen atoms in total. The van der Waals surface area contributed by atoms with Crippen molar-refractivity contribution in [2.45, 2.75) is 33.6 Å². The summed E-state index contributed by atoms with van der Waals surface area (Å²) in [6, 6.07) is 12.7. The highest BCUT2D eigenvalue weighted by molar-refractivity contribution is 5.89. The van der Waals surface area contributed by atoms with Crippen molar-refractivity contribution in [2.75, 3.05) is 6.61 Å². The van der Waals surface area contributed by atoms with Crippen molar-refractivity contribution in [1.82, 2.24) is 0 Å². The molecule has 0 unspecified atom stereocenters. The molecule has 0 radical (unpaired) electrons. The zero-order chi connectivity index (χ0) is 24.4. The fourth-order valence-electron chi connectivity index (χ4n) is 2.87. The summed E-state index contributed by atoms with van der Waals surface area (Å²) in [5.41, 5.74) is 4.25. The molecule has 0 aliphatic carbocycles. The average molecular weight is 449 g/mol. The van der Waals surface area contributed by atoms with E-state index in [1.807, 2.05) is 37.3 Å². The first-order chi connectivity index (χ1) is 15.7. The van der Waals surface area contributed by atoms with E-state index in [1.165, 1.54) is 0 Å². The number of aryl methyl sites for hydroxylation is 1. The van der Waals surface area contributed by atoms with Crippen molar-refractivity contribution in [1.29, 1.82) is 0 Å². The van der Waals surface area contributed by atoms with Gasteiger partial charge >= 0.3 is 11.9 Å². The average Bonchev–Trinajstić information content (AvgIpc) is 2.78. The molecule has 2 aromatic carbocycles. The zero-order valence-corrected chi connectivity index (χ0v) is 19.2. The van der Waals surface area contributed by atoms with E-state index in [0.29, 0.717) is 42.0 Å². The number of rotatable bonds is 11. The topological polar surface area (TPSA) is 78.9 Å². The van der Waals surface area contributed by atoms with E-state index < -0.39 is 11.9 Å². The van der Waals surface area contributed by atoms with E-state index in [-0.39, 0.29) is 6.61 Å². The predicted molar refractivity (Wildman–Crippen MR) is 128 cm³/mol. The van der Waals surface area contributed by atoms with Crippen LogP contribution in [-0.4, -0.2) is 25.0 Å². The van der Waals surface area contributed by atoms with E-state index in [0.717, 1.165) is 22.3 Å². The third-order valence-electron chi connectivity index (χ3n) is 4.69. The lowest BCUT2D eigenvalue weighted by molar-refractivity contribution is -0.139. The Morgan fingerprint density at radius 3 is 2.21 bits per heavy atom. The fourth-order valence-corrected chi connectivity index (χ4v) is 2.87. The van der Waals surface area contributed by atoms with Crippen molar-refractivity contribution in [3.8, 4) is 11.5 Å². The van der Waals surface area contributed by atoms with Gasteiger partial charge in [0.15, 0.2) is 0 Å². The smallest absolute Gasteiger partial charge is 0.338 e. The molecule has 0 saturated heterocycles. The van der Waals surface area contributed by atoms with E-state index >= 15 is 0 Å². The van der Waals surface area contributed by atoms with Gasteiger partial charge in [-0.1, -0.05) is 37.4 Å². The second kappa shape index (κ2) is 12.2. The van der Waals surface area contributed by atoms with Crippen LogP contribution in [0, 0.1) is 0 Å². The Labute approximate surface area is 194 Å². The quantitative estimate of drug-likeness (QED) is 0.116. The molecule has 2 aromatic rings. The first-order valence-corrected chi connectivity index (χ1v) is 10.4. The molecule has 0 aliphatic heterocycles. The maximum absolute atomic E-state index is 11.6. The number of ether oxygens (including phenoxy) is 3. The molecule has 0 N–H and O–H groups in total. The molecule has 6 heteroatoms. The Balaban J connectivity index is 2.10. The number of benzene rings is 2. The lowest BCUT2D eigenvalue weighted by Crippen LogP contribution is -2.07. The summed E-state index contributed by atoms with van der Waals surface area (Å²) in [6.45, 7) is 12.9. The van der Waals surface area contributed by atoms with Gasteiger partial charge in [0.2, 0.25) is 0 Å². The van der Waals surface area contributed by atoms with E-state index in [1.54, 1.807) is 32.0 Å². The highest BCUT2D eigenvalue weighted by Crippen LogP contribution is 2.27. The monoisotopic (exact) mass is 448 g/mol. The largest absolute Gasteiger partial charge is 0.462 e. The first-order valence-electron chi connectivity index (χ1n) is 10.4. The molecule has 0 aliphatic rings. The van der Waals surface area contributed by atoms with Crippen LogP contribution in [-0.2, 0) is 25.5 Å².